The second-order valence-electron chi connectivity index (χ2n) is 5.81. The number of rotatable bonds is 7. The fourth-order valence-corrected chi connectivity index (χ4v) is 3.78. The lowest BCUT2D eigenvalue weighted by Gasteiger charge is -2.04. The van der Waals surface area contributed by atoms with Gasteiger partial charge in [-0.3, -0.25) is 19.7 Å². The number of aromatic nitrogens is 2. The Kier molecular flexibility index (Phi) is 6.68. The lowest BCUT2D eigenvalue weighted by molar-refractivity contribution is -0.113. The standard InChI is InChI=1S/C19H15FN4O3S2/c1-11(25)12-5-7-15(8-6-12)21-16(26)10-28-19-24-23-18(29-19)22-17(27)13-3-2-4-14(20)9-13/h2-9H,10H2,1H3,(H,21,26)(H,22,23,27). The highest BCUT2D eigenvalue weighted by molar-refractivity contribution is 8.01. The van der Waals surface area contributed by atoms with Gasteiger partial charge in [0, 0.05) is 16.8 Å². The van der Waals surface area contributed by atoms with E-state index in [9.17, 15) is 18.8 Å². The van der Waals surface area contributed by atoms with Crippen molar-refractivity contribution < 1.29 is 18.8 Å². The minimum Gasteiger partial charge on any atom is -0.325 e. The number of hydrogen-bond acceptors (Lipinski definition) is 7. The lowest BCUT2D eigenvalue weighted by atomic mass is 10.1. The van der Waals surface area contributed by atoms with Crippen molar-refractivity contribution in [1.82, 2.24) is 10.2 Å². The molecular formula is C19H15FN4O3S2. The van der Waals surface area contributed by atoms with Crippen LogP contribution in [0.1, 0.15) is 27.6 Å². The first-order valence-electron chi connectivity index (χ1n) is 8.35. The van der Waals surface area contributed by atoms with Gasteiger partial charge >= 0.3 is 0 Å². The molecule has 0 atom stereocenters. The molecular weight excluding hydrogens is 415 g/mol. The average molecular weight is 430 g/mol. The fraction of sp³-hybridized carbons (Fsp3) is 0.105. The molecule has 7 nitrogen and oxygen atoms in total. The number of halogens is 1. The number of anilines is 2. The molecule has 10 heteroatoms. The minimum atomic E-state index is -0.506. The lowest BCUT2D eigenvalue weighted by Crippen LogP contribution is -2.14. The quantitative estimate of drug-likeness (QED) is 0.335. The fourth-order valence-electron chi connectivity index (χ4n) is 2.23. The third kappa shape index (κ3) is 5.93. The van der Waals surface area contributed by atoms with E-state index in [0.717, 1.165) is 17.4 Å². The minimum absolute atomic E-state index is 0.0463. The molecule has 0 aliphatic rings. The predicted octanol–water partition coefficient (Wildman–Crippen LogP) is 3.86. The van der Waals surface area contributed by atoms with Crippen LogP contribution in [0.4, 0.5) is 15.2 Å². The van der Waals surface area contributed by atoms with E-state index in [0.29, 0.717) is 15.6 Å². The molecule has 0 radical (unpaired) electrons. The van der Waals surface area contributed by atoms with Crippen molar-refractivity contribution in [1.29, 1.82) is 0 Å². The van der Waals surface area contributed by atoms with Gasteiger partial charge in [-0.2, -0.15) is 0 Å². The third-order valence-corrected chi connectivity index (χ3v) is 5.59. The Hall–Kier alpha value is -3.11. The van der Waals surface area contributed by atoms with E-state index >= 15 is 0 Å². The summed E-state index contributed by atoms with van der Waals surface area (Å²) in [7, 11) is 0. The van der Waals surface area contributed by atoms with Crippen LogP contribution in [0.2, 0.25) is 0 Å². The highest BCUT2D eigenvalue weighted by Crippen LogP contribution is 2.26. The van der Waals surface area contributed by atoms with Gasteiger partial charge < -0.3 is 5.32 Å². The number of thioether (sulfide) groups is 1. The summed E-state index contributed by atoms with van der Waals surface area (Å²) in [5.74, 6) is -1.20. The number of amides is 2. The molecule has 3 rings (SSSR count). The van der Waals surface area contributed by atoms with Crippen molar-refractivity contribution in [3.63, 3.8) is 0 Å². The number of carbonyl (C=O) groups excluding carboxylic acids is 3. The summed E-state index contributed by atoms with van der Waals surface area (Å²) in [4.78, 5) is 35.4. The third-order valence-electron chi connectivity index (χ3n) is 3.62. The van der Waals surface area contributed by atoms with E-state index < -0.39 is 11.7 Å². The van der Waals surface area contributed by atoms with Crippen LogP contribution >= 0.6 is 23.1 Å². The van der Waals surface area contributed by atoms with E-state index in [1.54, 1.807) is 24.3 Å². The Morgan fingerprint density at radius 2 is 1.79 bits per heavy atom. The molecule has 0 spiro atoms. The molecule has 0 saturated carbocycles. The number of nitrogens with zero attached hydrogens (tertiary/aromatic N) is 2. The first-order valence-corrected chi connectivity index (χ1v) is 10.1. The van der Waals surface area contributed by atoms with Crippen molar-refractivity contribution in [2.75, 3.05) is 16.4 Å². The maximum absolute atomic E-state index is 13.2. The summed E-state index contributed by atoms with van der Waals surface area (Å²) < 4.78 is 13.7. The van der Waals surface area contributed by atoms with Crippen LogP contribution in [0.25, 0.3) is 0 Å². The largest absolute Gasteiger partial charge is 0.325 e. The number of benzene rings is 2. The van der Waals surface area contributed by atoms with Gasteiger partial charge in [0.25, 0.3) is 5.91 Å². The molecule has 0 bridgehead atoms. The Labute approximate surface area is 173 Å². The van der Waals surface area contributed by atoms with Crippen molar-refractivity contribution in [3.8, 4) is 0 Å². The number of hydrogen-bond donors (Lipinski definition) is 2. The molecule has 0 unspecified atom stereocenters. The summed E-state index contributed by atoms with van der Waals surface area (Å²) in [5.41, 5.74) is 1.32. The molecule has 0 saturated heterocycles. The van der Waals surface area contributed by atoms with Gasteiger partial charge in [0.1, 0.15) is 5.82 Å². The van der Waals surface area contributed by atoms with Crippen molar-refractivity contribution >= 4 is 51.5 Å². The van der Waals surface area contributed by atoms with E-state index in [-0.39, 0.29) is 28.1 Å². The number of ketones is 1. The smallest absolute Gasteiger partial charge is 0.257 e. The summed E-state index contributed by atoms with van der Waals surface area (Å²) in [6.45, 7) is 1.47. The van der Waals surface area contributed by atoms with Gasteiger partial charge in [0.2, 0.25) is 11.0 Å². The number of Topliss-reactive ketones (excluding diaryl/α,β-unsaturated/α-hetero) is 1. The van der Waals surface area contributed by atoms with Crippen LogP contribution in [0.3, 0.4) is 0 Å². The van der Waals surface area contributed by atoms with Crippen molar-refractivity contribution in [3.05, 3.63) is 65.5 Å². The van der Waals surface area contributed by atoms with Crippen LogP contribution in [0.5, 0.6) is 0 Å². The van der Waals surface area contributed by atoms with Crippen LogP contribution in [-0.4, -0.2) is 33.5 Å². The summed E-state index contributed by atoms with van der Waals surface area (Å²) in [6.07, 6.45) is 0. The molecule has 1 heterocycles. The number of nitrogens with one attached hydrogen (secondary N) is 2. The average Bonchev–Trinajstić information content (AvgIpc) is 3.14. The van der Waals surface area contributed by atoms with Gasteiger partial charge in [-0.05, 0) is 49.4 Å². The monoisotopic (exact) mass is 430 g/mol. The summed E-state index contributed by atoms with van der Waals surface area (Å²) in [6, 6.07) is 11.9. The Balaban J connectivity index is 1.50. The van der Waals surface area contributed by atoms with Gasteiger partial charge in [0.15, 0.2) is 10.1 Å². The topological polar surface area (TPSA) is 101 Å². The molecule has 0 aliphatic heterocycles. The zero-order chi connectivity index (χ0) is 20.8. The van der Waals surface area contributed by atoms with Gasteiger partial charge in [0.05, 0.1) is 5.75 Å². The normalized spacial score (nSPS) is 10.4. The highest BCUT2D eigenvalue weighted by atomic mass is 32.2. The van der Waals surface area contributed by atoms with Gasteiger partial charge in [-0.25, -0.2) is 4.39 Å². The zero-order valence-electron chi connectivity index (χ0n) is 15.1. The molecule has 2 aromatic carbocycles. The molecule has 1 aromatic heterocycles. The maximum Gasteiger partial charge on any atom is 0.257 e. The molecule has 0 aliphatic carbocycles. The van der Waals surface area contributed by atoms with E-state index in [4.69, 9.17) is 0 Å². The van der Waals surface area contributed by atoms with Gasteiger partial charge in [-0.1, -0.05) is 29.2 Å². The Morgan fingerprint density at radius 1 is 1.03 bits per heavy atom. The Bertz CT molecular complexity index is 1050. The van der Waals surface area contributed by atoms with E-state index in [1.165, 1.54) is 36.9 Å². The second-order valence-corrected chi connectivity index (χ2v) is 8.01. The van der Waals surface area contributed by atoms with Crippen LogP contribution < -0.4 is 10.6 Å². The van der Waals surface area contributed by atoms with Gasteiger partial charge in [-0.15, -0.1) is 10.2 Å². The summed E-state index contributed by atoms with van der Waals surface area (Å²) >= 11 is 2.28. The van der Waals surface area contributed by atoms with E-state index in [1.807, 2.05) is 0 Å². The highest BCUT2D eigenvalue weighted by Gasteiger charge is 2.12. The summed E-state index contributed by atoms with van der Waals surface area (Å²) in [5, 5.41) is 13.3. The Morgan fingerprint density at radius 3 is 2.48 bits per heavy atom. The molecule has 2 amide bonds. The van der Waals surface area contributed by atoms with E-state index in [2.05, 4.69) is 20.8 Å². The number of carbonyl (C=O) groups is 3. The molecule has 2 N–H and O–H groups in total. The van der Waals surface area contributed by atoms with Crippen LogP contribution in [0, 0.1) is 5.82 Å². The SMILES string of the molecule is CC(=O)c1ccc(NC(=O)CSc2nnc(NC(=O)c3cccc(F)c3)s2)cc1. The molecule has 3 aromatic rings. The van der Waals surface area contributed by atoms with Crippen LogP contribution in [-0.2, 0) is 4.79 Å². The maximum atomic E-state index is 13.2. The second kappa shape index (κ2) is 9.39. The molecule has 0 fully saturated rings. The van der Waals surface area contributed by atoms with Crippen molar-refractivity contribution in [2.24, 2.45) is 0 Å². The first kappa shape index (κ1) is 20.6. The zero-order valence-corrected chi connectivity index (χ0v) is 16.8. The molecule has 29 heavy (non-hydrogen) atoms. The first-order chi connectivity index (χ1) is 13.9. The molecule has 148 valence electrons. The van der Waals surface area contributed by atoms with Crippen LogP contribution in [0.15, 0.2) is 52.9 Å². The van der Waals surface area contributed by atoms with Crippen molar-refractivity contribution in [2.45, 2.75) is 11.3 Å². The predicted molar refractivity (Wildman–Crippen MR) is 110 cm³/mol.